The van der Waals surface area contributed by atoms with E-state index in [4.69, 9.17) is 27.9 Å². The van der Waals surface area contributed by atoms with Crippen LogP contribution in [0.2, 0.25) is 10.0 Å². The van der Waals surface area contributed by atoms with Crippen LogP contribution in [-0.4, -0.2) is 11.6 Å². The summed E-state index contributed by atoms with van der Waals surface area (Å²) in [5.41, 5.74) is 1.05. The lowest BCUT2D eigenvalue weighted by molar-refractivity contribution is 0.0683. The van der Waals surface area contributed by atoms with Crippen LogP contribution in [0.5, 0.6) is 5.75 Å². The van der Waals surface area contributed by atoms with Crippen LogP contribution < -0.4 is 15.4 Å². The maximum atomic E-state index is 12.4. The molecule has 0 spiro atoms. The molecule has 1 aliphatic heterocycles. The molecule has 3 rings (SSSR count). The molecule has 0 radical (unpaired) electrons. The van der Waals surface area contributed by atoms with Crippen molar-refractivity contribution < 1.29 is 9.53 Å². The number of nitrogens with one attached hydrogen (secondary N) is 2. The Kier molecular flexibility index (Phi) is 4.61. The highest BCUT2D eigenvalue weighted by Gasteiger charge is 2.34. The Morgan fingerprint density at radius 3 is 2.71 bits per heavy atom. The fourth-order valence-electron chi connectivity index (χ4n) is 2.83. The second-order valence-corrected chi connectivity index (χ2v) is 7.22. The third-order valence-corrected chi connectivity index (χ3v) is 4.42. The van der Waals surface area contributed by atoms with Crippen molar-refractivity contribution in [1.82, 2.24) is 5.32 Å². The van der Waals surface area contributed by atoms with Crippen molar-refractivity contribution in [3.8, 4) is 5.75 Å². The van der Waals surface area contributed by atoms with E-state index in [0.29, 0.717) is 22.2 Å². The van der Waals surface area contributed by atoms with Gasteiger partial charge in [0.25, 0.3) is 0 Å². The Hall–Kier alpha value is -1.91. The van der Waals surface area contributed by atoms with Crippen molar-refractivity contribution in [1.29, 1.82) is 0 Å². The van der Waals surface area contributed by atoms with Gasteiger partial charge in [-0.3, -0.25) is 0 Å². The van der Waals surface area contributed by atoms with Crippen molar-refractivity contribution in [2.24, 2.45) is 0 Å². The summed E-state index contributed by atoms with van der Waals surface area (Å²) in [6, 6.07) is 12.0. The molecular weight excluding hydrogens is 347 g/mol. The average molecular weight is 365 g/mol. The molecule has 1 heterocycles. The molecule has 0 saturated carbocycles. The third-order valence-electron chi connectivity index (χ3n) is 3.86. The molecular formula is C18H18Cl2N2O2. The molecule has 2 aromatic carbocycles. The predicted octanol–water partition coefficient (Wildman–Crippen LogP) is 5.42. The molecule has 2 N–H and O–H groups in total. The van der Waals surface area contributed by atoms with Gasteiger partial charge in [-0.1, -0.05) is 35.3 Å². The van der Waals surface area contributed by atoms with Gasteiger partial charge in [0.1, 0.15) is 11.4 Å². The fraction of sp³-hybridized carbons (Fsp3) is 0.278. The number of hydrogen-bond acceptors (Lipinski definition) is 2. The van der Waals surface area contributed by atoms with Gasteiger partial charge in [0, 0.05) is 17.0 Å². The molecule has 6 heteroatoms. The SMILES string of the molecule is CC1(C)C[C@H](NC(=O)Nc2ccccc2Cl)c2cc(Cl)ccc2O1. The summed E-state index contributed by atoms with van der Waals surface area (Å²) < 4.78 is 5.97. The van der Waals surface area contributed by atoms with E-state index in [1.165, 1.54) is 0 Å². The molecule has 2 amide bonds. The van der Waals surface area contributed by atoms with Gasteiger partial charge in [-0.2, -0.15) is 0 Å². The first-order valence-corrected chi connectivity index (χ1v) is 8.40. The van der Waals surface area contributed by atoms with Crippen LogP contribution >= 0.6 is 23.2 Å². The number of halogens is 2. The maximum Gasteiger partial charge on any atom is 0.319 e. The lowest BCUT2D eigenvalue weighted by Gasteiger charge is -2.38. The molecule has 4 nitrogen and oxygen atoms in total. The molecule has 2 aromatic rings. The standard InChI is InChI=1S/C18H18Cl2N2O2/c1-18(2)10-15(12-9-11(19)7-8-16(12)24-18)22-17(23)21-14-6-4-3-5-13(14)20/h3-9,15H,10H2,1-2H3,(H2,21,22,23)/t15-/m0/s1. The van der Waals surface area contributed by atoms with Crippen LogP contribution in [-0.2, 0) is 0 Å². The first-order chi connectivity index (χ1) is 11.3. The number of hydrogen-bond donors (Lipinski definition) is 2. The maximum absolute atomic E-state index is 12.4. The Morgan fingerprint density at radius 2 is 1.96 bits per heavy atom. The number of carbonyl (C=O) groups is 1. The van der Waals surface area contributed by atoms with Gasteiger partial charge in [0.2, 0.25) is 0 Å². The smallest absolute Gasteiger partial charge is 0.319 e. The van der Waals surface area contributed by atoms with E-state index in [-0.39, 0.29) is 17.7 Å². The number of anilines is 1. The van der Waals surface area contributed by atoms with E-state index in [9.17, 15) is 4.79 Å². The van der Waals surface area contributed by atoms with Gasteiger partial charge in [-0.15, -0.1) is 0 Å². The number of carbonyl (C=O) groups excluding carboxylic acids is 1. The summed E-state index contributed by atoms with van der Waals surface area (Å²) in [6.07, 6.45) is 0.635. The van der Waals surface area contributed by atoms with Crippen molar-refractivity contribution in [2.45, 2.75) is 31.9 Å². The highest BCUT2D eigenvalue weighted by Crippen LogP contribution is 2.40. The topological polar surface area (TPSA) is 50.4 Å². The molecule has 1 aliphatic rings. The Bertz CT molecular complexity index is 777. The quantitative estimate of drug-likeness (QED) is 0.747. The van der Waals surface area contributed by atoms with Gasteiger partial charge >= 0.3 is 6.03 Å². The highest BCUT2D eigenvalue weighted by atomic mass is 35.5. The molecule has 0 bridgehead atoms. The van der Waals surface area contributed by atoms with E-state index in [1.54, 1.807) is 18.2 Å². The van der Waals surface area contributed by atoms with Gasteiger partial charge in [-0.05, 0) is 44.2 Å². The average Bonchev–Trinajstić information content (AvgIpc) is 2.49. The molecule has 0 aliphatic carbocycles. The van der Waals surface area contributed by atoms with Crippen molar-refractivity contribution in [3.05, 3.63) is 58.1 Å². The number of ether oxygens (including phenoxy) is 1. The Morgan fingerprint density at radius 1 is 1.21 bits per heavy atom. The minimum Gasteiger partial charge on any atom is -0.487 e. The van der Waals surface area contributed by atoms with E-state index in [0.717, 1.165) is 11.3 Å². The highest BCUT2D eigenvalue weighted by molar-refractivity contribution is 6.33. The lowest BCUT2D eigenvalue weighted by Crippen LogP contribution is -2.42. The summed E-state index contributed by atoms with van der Waals surface area (Å²) in [5, 5.41) is 6.86. The summed E-state index contributed by atoms with van der Waals surface area (Å²) in [6.45, 7) is 3.98. The van der Waals surface area contributed by atoms with Gasteiger partial charge < -0.3 is 15.4 Å². The van der Waals surface area contributed by atoms with Crippen LogP contribution in [0.3, 0.4) is 0 Å². The van der Waals surface area contributed by atoms with Crippen LogP contribution in [0, 0.1) is 0 Å². The van der Waals surface area contributed by atoms with Gasteiger partial charge in [-0.25, -0.2) is 4.79 Å². The Labute approximate surface area is 151 Å². The zero-order valence-corrected chi connectivity index (χ0v) is 14.9. The van der Waals surface area contributed by atoms with Gasteiger partial charge in [0.05, 0.1) is 16.8 Å². The number of rotatable bonds is 2. The first kappa shape index (κ1) is 16.9. The van der Waals surface area contributed by atoms with E-state index in [1.807, 2.05) is 38.1 Å². The molecule has 0 aromatic heterocycles. The molecule has 24 heavy (non-hydrogen) atoms. The van der Waals surface area contributed by atoms with Crippen LogP contribution in [0.4, 0.5) is 10.5 Å². The van der Waals surface area contributed by atoms with E-state index < -0.39 is 0 Å². The molecule has 1 atom stereocenters. The summed E-state index contributed by atoms with van der Waals surface area (Å²) in [4.78, 5) is 12.4. The molecule has 0 unspecified atom stereocenters. The van der Waals surface area contributed by atoms with Crippen LogP contribution in [0.1, 0.15) is 31.9 Å². The van der Waals surface area contributed by atoms with Crippen molar-refractivity contribution >= 4 is 34.9 Å². The summed E-state index contributed by atoms with van der Waals surface area (Å²) in [5.74, 6) is 0.735. The predicted molar refractivity (Wildman–Crippen MR) is 97.1 cm³/mol. The third kappa shape index (κ3) is 3.77. The van der Waals surface area contributed by atoms with E-state index >= 15 is 0 Å². The van der Waals surface area contributed by atoms with Crippen LogP contribution in [0.25, 0.3) is 0 Å². The first-order valence-electron chi connectivity index (χ1n) is 7.64. The number of para-hydroxylation sites is 1. The zero-order chi connectivity index (χ0) is 17.3. The Balaban J connectivity index is 1.80. The monoisotopic (exact) mass is 364 g/mol. The number of benzene rings is 2. The number of urea groups is 1. The summed E-state index contributed by atoms with van der Waals surface area (Å²) in [7, 11) is 0. The van der Waals surface area contributed by atoms with E-state index in [2.05, 4.69) is 10.6 Å². The second-order valence-electron chi connectivity index (χ2n) is 6.38. The normalized spacial score (nSPS) is 18.2. The minimum absolute atomic E-state index is 0.204. The van der Waals surface area contributed by atoms with Crippen LogP contribution in [0.15, 0.2) is 42.5 Å². The fourth-order valence-corrected chi connectivity index (χ4v) is 3.20. The minimum atomic E-state index is -0.386. The van der Waals surface area contributed by atoms with Gasteiger partial charge in [0.15, 0.2) is 0 Å². The summed E-state index contributed by atoms with van der Waals surface area (Å²) >= 11 is 12.2. The number of fused-ring (bicyclic) bond motifs is 1. The van der Waals surface area contributed by atoms with Crippen molar-refractivity contribution in [3.63, 3.8) is 0 Å². The largest absolute Gasteiger partial charge is 0.487 e. The zero-order valence-electron chi connectivity index (χ0n) is 13.4. The number of amides is 2. The second kappa shape index (κ2) is 6.54. The van der Waals surface area contributed by atoms with Crippen molar-refractivity contribution in [2.75, 3.05) is 5.32 Å². The molecule has 0 fully saturated rings. The molecule has 126 valence electrons. The molecule has 0 saturated heterocycles. The lowest BCUT2D eigenvalue weighted by atomic mass is 9.90.